The van der Waals surface area contributed by atoms with Crippen molar-refractivity contribution in [2.24, 2.45) is 5.73 Å². The number of aliphatic hydroxyl groups is 2. The summed E-state index contributed by atoms with van der Waals surface area (Å²) in [5, 5.41) is 34.6. The highest BCUT2D eigenvalue weighted by Crippen LogP contribution is 2.40. The Morgan fingerprint density at radius 1 is 1.13 bits per heavy atom. The topological polar surface area (TPSA) is 145 Å². The van der Waals surface area contributed by atoms with Crippen molar-refractivity contribution in [2.45, 2.75) is 12.6 Å². The van der Waals surface area contributed by atoms with Gasteiger partial charge in [0.1, 0.15) is 10.8 Å². The molecule has 0 atom stereocenters. The van der Waals surface area contributed by atoms with E-state index in [4.69, 9.17) is 15.9 Å². The van der Waals surface area contributed by atoms with Crippen molar-refractivity contribution in [3.8, 4) is 5.75 Å². The lowest BCUT2D eigenvalue weighted by atomic mass is 10.1. The molecule has 10 heteroatoms. The van der Waals surface area contributed by atoms with Crippen LogP contribution in [0.1, 0.15) is 26.3 Å². The number of aromatic hydroxyl groups is 1. The minimum atomic E-state index is -0.683. The minimum Gasteiger partial charge on any atom is -0.507 e. The van der Waals surface area contributed by atoms with E-state index in [2.05, 4.69) is 26.6 Å². The van der Waals surface area contributed by atoms with Gasteiger partial charge in [0.25, 0.3) is 11.8 Å². The molecule has 7 N–H and O–H groups in total. The third-order valence-corrected chi connectivity index (χ3v) is 6.19. The van der Waals surface area contributed by atoms with E-state index >= 15 is 0 Å². The number of phenolic OH excluding ortho intramolecular Hbond substituents is 1. The number of amides is 2. The molecular weight excluding hydrogens is 474 g/mol. The van der Waals surface area contributed by atoms with Crippen LogP contribution in [0, 0.1) is 0 Å². The average molecular weight is 494 g/mol. The minimum absolute atomic E-state index is 0.0199. The van der Waals surface area contributed by atoms with Gasteiger partial charge in [0, 0.05) is 22.2 Å². The number of halogens is 1. The van der Waals surface area contributed by atoms with Crippen LogP contribution in [0.15, 0.2) is 40.9 Å². The summed E-state index contributed by atoms with van der Waals surface area (Å²) in [4.78, 5) is 24.7. The van der Waals surface area contributed by atoms with Crippen molar-refractivity contribution in [3.63, 3.8) is 0 Å². The van der Waals surface area contributed by atoms with E-state index in [1.807, 2.05) is 0 Å². The maximum Gasteiger partial charge on any atom is 0.256 e. The number of thiophene rings is 1. The second kappa shape index (κ2) is 9.54. The van der Waals surface area contributed by atoms with Gasteiger partial charge in [-0.05, 0) is 45.8 Å². The van der Waals surface area contributed by atoms with Crippen molar-refractivity contribution < 1.29 is 24.9 Å². The fraction of sp³-hybridized carbons (Fsp3) is 0.200. The van der Waals surface area contributed by atoms with E-state index in [0.29, 0.717) is 31.7 Å². The zero-order valence-electron chi connectivity index (χ0n) is 15.7. The lowest BCUT2D eigenvalue weighted by molar-refractivity contribution is 0.100. The molecule has 0 saturated carbocycles. The summed E-state index contributed by atoms with van der Waals surface area (Å²) in [7, 11) is 0. The number of anilines is 1. The first-order chi connectivity index (χ1) is 14.3. The monoisotopic (exact) mass is 493 g/mol. The summed E-state index contributed by atoms with van der Waals surface area (Å²) in [5.41, 5.74) is 6.97. The first kappa shape index (κ1) is 22.2. The van der Waals surface area contributed by atoms with Gasteiger partial charge in [-0.1, -0.05) is 12.1 Å². The van der Waals surface area contributed by atoms with Crippen LogP contribution < -0.4 is 16.4 Å². The molecular formula is C20H20BrN3O5S. The Balaban J connectivity index is 1.79. The fourth-order valence-corrected chi connectivity index (χ4v) is 4.30. The highest BCUT2D eigenvalue weighted by molar-refractivity contribution is 9.10. The summed E-state index contributed by atoms with van der Waals surface area (Å²) in [6.45, 7) is 0.0690. The van der Waals surface area contributed by atoms with Crippen molar-refractivity contribution in [2.75, 3.05) is 18.5 Å². The number of phenols is 1. The molecule has 158 valence electrons. The van der Waals surface area contributed by atoms with Gasteiger partial charge in [0.05, 0.1) is 29.3 Å². The number of aliphatic hydroxyl groups excluding tert-OH is 2. The highest BCUT2D eigenvalue weighted by atomic mass is 79.9. The second-order valence-electron chi connectivity index (χ2n) is 6.56. The lowest BCUT2D eigenvalue weighted by Crippen LogP contribution is -2.35. The highest BCUT2D eigenvalue weighted by Gasteiger charge is 2.20. The number of hydrogen-bond acceptors (Lipinski definition) is 7. The van der Waals surface area contributed by atoms with Crippen molar-refractivity contribution in [3.05, 3.63) is 57.6 Å². The first-order valence-corrected chi connectivity index (χ1v) is 10.5. The number of rotatable bonds is 8. The molecule has 2 amide bonds. The van der Waals surface area contributed by atoms with Gasteiger partial charge in [-0.15, -0.1) is 11.3 Å². The van der Waals surface area contributed by atoms with Crippen molar-refractivity contribution >= 4 is 54.2 Å². The van der Waals surface area contributed by atoms with E-state index in [0.717, 1.165) is 16.9 Å². The standard InChI is InChI=1S/C20H20BrN3O5S/c21-14-5-13-16(6-15(14)27)30-20(17(13)18(22)28)24-19(29)11-3-1-10(2-4-11)7-23-12(8-25)9-26/h1-6,12,23,25-27H,7-9H2,(H2,22,28)(H,24,29). The molecule has 1 aromatic heterocycles. The third-order valence-electron chi connectivity index (χ3n) is 4.48. The third kappa shape index (κ3) is 4.79. The molecule has 0 unspecified atom stereocenters. The molecule has 0 aliphatic heterocycles. The normalized spacial score (nSPS) is 11.2. The zero-order valence-corrected chi connectivity index (χ0v) is 18.1. The maximum absolute atomic E-state index is 12.7. The maximum atomic E-state index is 12.7. The van der Waals surface area contributed by atoms with Gasteiger partial charge in [-0.2, -0.15) is 0 Å². The van der Waals surface area contributed by atoms with Crippen LogP contribution in [0.3, 0.4) is 0 Å². The second-order valence-corrected chi connectivity index (χ2v) is 8.47. The van der Waals surface area contributed by atoms with Crippen molar-refractivity contribution in [1.29, 1.82) is 0 Å². The Labute approximate surface area is 184 Å². The van der Waals surface area contributed by atoms with Crippen LogP contribution in [0.4, 0.5) is 5.00 Å². The molecule has 0 radical (unpaired) electrons. The van der Waals surface area contributed by atoms with Crippen LogP contribution in [0.5, 0.6) is 5.75 Å². The van der Waals surface area contributed by atoms with Crippen LogP contribution in [0.25, 0.3) is 10.1 Å². The van der Waals surface area contributed by atoms with Gasteiger partial charge < -0.3 is 31.7 Å². The predicted octanol–water partition coefficient (Wildman–Crippen LogP) is 2.16. The Kier molecular flexibility index (Phi) is 7.06. The molecule has 0 fully saturated rings. The van der Waals surface area contributed by atoms with Crippen LogP contribution in [-0.4, -0.2) is 46.4 Å². The number of hydrogen-bond donors (Lipinski definition) is 6. The summed E-state index contributed by atoms with van der Waals surface area (Å²) in [6.07, 6.45) is 0. The molecule has 3 aromatic rings. The van der Waals surface area contributed by atoms with Gasteiger partial charge in [-0.3, -0.25) is 9.59 Å². The molecule has 0 aliphatic carbocycles. The molecule has 0 aliphatic rings. The molecule has 0 saturated heterocycles. The van der Waals surface area contributed by atoms with Gasteiger partial charge in [0.15, 0.2) is 0 Å². The lowest BCUT2D eigenvalue weighted by Gasteiger charge is -2.13. The summed E-state index contributed by atoms with van der Waals surface area (Å²) >= 11 is 4.36. The largest absolute Gasteiger partial charge is 0.507 e. The van der Waals surface area contributed by atoms with E-state index < -0.39 is 17.9 Å². The number of benzene rings is 2. The molecule has 3 rings (SSSR count). The van der Waals surface area contributed by atoms with Gasteiger partial charge in [-0.25, -0.2) is 0 Å². The van der Waals surface area contributed by atoms with Crippen LogP contribution >= 0.6 is 27.3 Å². The fourth-order valence-electron chi connectivity index (χ4n) is 2.84. The molecule has 8 nitrogen and oxygen atoms in total. The smallest absolute Gasteiger partial charge is 0.256 e. The number of fused-ring (bicyclic) bond motifs is 1. The molecule has 2 aromatic carbocycles. The molecule has 30 heavy (non-hydrogen) atoms. The number of primary amides is 1. The number of carbonyl (C=O) groups is 2. The number of nitrogens with one attached hydrogen (secondary N) is 2. The molecule has 1 heterocycles. The SMILES string of the molecule is NC(=O)c1c(NC(=O)c2ccc(CNC(CO)CO)cc2)sc2cc(O)c(Br)cc12. The Morgan fingerprint density at radius 2 is 1.80 bits per heavy atom. The summed E-state index contributed by atoms with van der Waals surface area (Å²) < 4.78 is 1.03. The van der Waals surface area contributed by atoms with E-state index in [9.17, 15) is 14.7 Å². The quantitative estimate of drug-likeness (QED) is 0.283. The number of carbonyl (C=O) groups excluding carboxylic acids is 2. The van der Waals surface area contributed by atoms with E-state index in [1.54, 1.807) is 30.3 Å². The van der Waals surface area contributed by atoms with Gasteiger partial charge >= 0.3 is 0 Å². The van der Waals surface area contributed by atoms with E-state index in [-0.39, 0.29) is 24.5 Å². The molecule has 0 spiro atoms. The van der Waals surface area contributed by atoms with E-state index in [1.165, 1.54) is 6.07 Å². The predicted molar refractivity (Wildman–Crippen MR) is 119 cm³/mol. The Morgan fingerprint density at radius 3 is 2.40 bits per heavy atom. The Hall–Kier alpha value is -2.50. The zero-order chi connectivity index (χ0) is 21.8. The number of nitrogens with two attached hydrogens (primary N) is 1. The summed E-state index contributed by atoms with van der Waals surface area (Å²) in [5.74, 6) is -1.07. The van der Waals surface area contributed by atoms with Crippen LogP contribution in [0.2, 0.25) is 0 Å². The summed E-state index contributed by atoms with van der Waals surface area (Å²) in [6, 6.07) is 9.46. The van der Waals surface area contributed by atoms with Crippen molar-refractivity contribution in [1.82, 2.24) is 5.32 Å². The first-order valence-electron chi connectivity index (χ1n) is 8.94. The van der Waals surface area contributed by atoms with Gasteiger partial charge in [0.2, 0.25) is 0 Å². The average Bonchev–Trinajstić information content (AvgIpc) is 3.06. The Bertz CT molecular complexity index is 1080. The molecule has 0 bridgehead atoms. The van der Waals surface area contributed by atoms with Crippen LogP contribution in [-0.2, 0) is 6.54 Å².